The van der Waals surface area contributed by atoms with E-state index in [-0.39, 0.29) is 5.92 Å². The Morgan fingerprint density at radius 1 is 1.28 bits per heavy atom. The average molecular weight is 490 g/mol. The molecule has 0 unspecified atom stereocenters. The van der Waals surface area contributed by atoms with Crippen LogP contribution in [-0.2, 0) is 22.3 Å². The van der Waals surface area contributed by atoms with E-state index in [0.717, 1.165) is 40.1 Å². The van der Waals surface area contributed by atoms with Crippen LogP contribution in [0.1, 0.15) is 35.8 Å². The Morgan fingerprint density at radius 2 is 2.06 bits per heavy atom. The third kappa shape index (κ3) is 5.31. The van der Waals surface area contributed by atoms with Crippen molar-refractivity contribution in [3.05, 3.63) is 59.4 Å². The number of aromatic nitrogens is 4. The van der Waals surface area contributed by atoms with E-state index in [0.29, 0.717) is 25.4 Å². The standard InChI is InChI=1S/C22H27N5O2S3/c1-4-11-27-20(18-6-5-12-26(13-18)32(3,28)29)24-25-22(27)31-15-19-14-30-21(23-19)17-9-7-16(2)8-10-17/h4,7-10,14,18H,1,5-6,11-13,15H2,2-3H3/t18-/m0/s1. The first-order valence-corrected chi connectivity index (χ1v) is 14.2. The van der Waals surface area contributed by atoms with Crippen LogP contribution in [-0.4, -0.2) is 51.8 Å². The van der Waals surface area contributed by atoms with E-state index in [1.807, 2.05) is 6.08 Å². The first-order valence-electron chi connectivity index (χ1n) is 10.5. The Balaban J connectivity index is 1.48. The number of hydrogen-bond donors (Lipinski definition) is 0. The highest BCUT2D eigenvalue weighted by atomic mass is 32.2. The van der Waals surface area contributed by atoms with E-state index < -0.39 is 10.0 Å². The predicted octanol–water partition coefficient (Wildman–Crippen LogP) is 4.33. The summed E-state index contributed by atoms with van der Waals surface area (Å²) in [4.78, 5) is 4.78. The van der Waals surface area contributed by atoms with Crippen molar-refractivity contribution in [2.45, 2.75) is 43.1 Å². The SMILES string of the molecule is C=CCn1c(SCc2csc(-c3ccc(C)cc3)n2)nnc1[C@H]1CCCN(S(C)(=O)=O)C1. The van der Waals surface area contributed by atoms with Crippen molar-refractivity contribution < 1.29 is 8.42 Å². The van der Waals surface area contributed by atoms with Gasteiger partial charge in [-0.25, -0.2) is 17.7 Å². The third-order valence-corrected chi connectivity index (χ3v) is 8.69. The van der Waals surface area contributed by atoms with Gasteiger partial charge in [-0.05, 0) is 19.8 Å². The van der Waals surface area contributed by atoms with Crippen molar-refractivity contribution in [3.63, 3.8) is 0 Å². The zero-order valence-corrected chi connectivity index (χ0v) is 20.7. The fourth-order valence-electron chi connectivity index (χ4n) is 3.80. The summed E-state index contributed by atoms with van der Waals surface area (Å²) >= 11 is 3.24. The van der Waals surface area contributed by atoms with Crippen LogP contribution in [0.4, 0.5) is 0 Å². The van der Waals surface area contributed by atoms with Gasteiger partial charge in [-0.2, -0.15) is 0 Å². The summed E-state index contributed by atoms with van der Waals surface area (Å²) in [5, 5.41) is 12.8. The van der Waals surface area contributed by atoms with Gasteiger partial charge in [0.15, 0.2) is 5.16 Å². The number of rotatable bonds is 8. The Labute approximate surface area is 197 Å². The zero-order chi connectivity index (χ0) is 22.7. The van der Waals surface area contributed by atoms with E-state index in [2.05, 4.69) is 57.9 Å². The molecular formula is C22H27N5O2S3. The van der Waals surface area contributed by atoms with Gasteiger partial charge in [-0.1, -0.05) is 47.7 Å². The number of thioether (sulfide) groups is 1. The van der Waals surface area contributed by atoms with Crippen LogP contribution >= 0.6 is 23.1 Å². The minimum absolute atomic E-state index is 0.0349. The Hall–Kier alpha value is -2.01. The molecule has 3 aromatic rings. The van der Waals surface area contributed by atoms with Gasteiger partial charge in [0.1, 0.15) is 10.8 Å². The molecule has 0 N–H and O–H groups in total. The Morgan fingerprint density at radius 3 is 2.78 bits per heavy atom. The molecule has 1 aromatic carbocycles. The van der Waals surface area contributed by atoms with E-state index >= 15 is 0 Å². The molecule has 1 saturated heterocycles. The Kier molecular flexibility index (Phi) is 7.14. The largest absolute Gasteiger partial charge is 0.302 e. The Bertz CT molecular complexity index is 1180. The van der Waals surface area contributed by atoms with Crippen molar-refractivity contribution in [2.24, 2.45) is 0 Å². The average Bonchev–Trinajstić information content (AvgIpc) is 3.40. The molecule has 4 rings (SSSR count). The lowest BCUT2D eigenvalue weighted by Gasteiger charge is -2.30. The summed E-state index contributed by atoms with van der Waals surface area (Å²) in [6.45, 7) is 7.56. The topological polar surface area (TPSA) is 81.0 Å². The fourth-order valence-corrected chi connectivity index (χ4v) is 6.49. The monoisotopic (exact) mass is 489 g/mol. The van der Waals surface area contributed by atoms with E-state index in [1.54, 1.807) is 27.4 Å². The van der Waals surface area contributed by atoms with Gasteiger partial charge in [0.25, 0.3) is 0 Å². The molecule has 2 aromatic heterocycles. The lowest BCUT2D eigenvalue weighted by molar-refractivity contribution is 0.306. The summed E-state index contributed by atoms with van der Waals surface area (Å²) in [5.41, 5.74) is 3.36. The minimum atomic E-state index is -3.21. The highest BCUT2D eigenvalue weighted by Crippen LogP contribution is 2.31. The van der Waals surface area contributed by atoms with Crippen LogP contribution in [0.3, 0.4) is 0 Å². The molecule has 10 heteroatoms. The first kappa shape index (κ1) is 23.2. The van der Waals surface area contributed by atoms with Gasteiger partial charge in [-0.15, -0.1) is 28.1 Å². The van der Waals surface area contributed by atoms with Crippen LogP contribution in [0.15, 0.2) is 47.5 Å². The molecular weight excluding hydrogens is 462 g/mol. The van der Waals surface area contributed by atoms with Crippen LogP contribution in [0, 0.1) is 6.92 Å². The van der Waals surface area contributed by atoms with Crippen LogP contribution in [0.2, 0.25) is 0 Å². The maximum Gasteiger partial charge on any atom is 0.211 e. The minimum Gasteiger partial charge on any atom is -0.302 e. The van der Waals surface area contributed by atoms with Crippen molar-refractivity contribution in [1.82, 2.24) is 24.1 Å². The molecule has 170 valence electrons. The molecule has 0 amide bonds. The second kappa shape index (κ2) is 9.86. The molecule has 0 bridgehead atoms. The third-order valence-electron chi connectivity index (χ3n) is 5.47. The van der Waals surface area contributed by atoms with E-state index in [1.165, 1.54) is 11.8 Å². The molecule has 1 fully saturated rings. The molecule has 1 aliphatic rings. The van der Waals surface area contributed by atoms with Gasteiger partial charge < -0.3 is 4.57 Å². The number of nitrogens with zero attached hydrogens (tertiary/aromatic N) is 5. The molecule has 0 spiro atoms. The maximum absolute atomic E-state index is 12.0. The zero-order valence-electron chi connectivity index (χ0n) is 18.3. The molecule has 0 aliphatic carbocycles. The summed E-state index contributed by atoms with van der Waals surface area (Å²) in [6, 6.07) is 8.39. The fraction of sp³-hybridized carbons (Fsp3) is 0.409. The molecule has 1 atom stereocenters. The highest BCUT2D eigenvalue weighted by molar-refractivity contribution is 7.98. The molecule has 1 aliphatic heterocycles. The molecule has 32 heavy (non-hydrogen) atoms. The molecule has 3 heterocycles. The number of hydrogen-bond acceptors (Lipinski definition) is 7. The van der Waals surface area contributed by atoms with Crippen molar-refractivity contribution in [3.8, 4) is 10.6 Å². The number of allylic oxidation sites excluding steroid dienone is 1. The van der Waals surface area contributed by atoms with Gasteiger partial charge in [0, 0.05) is 42.2 Å². The number of sulfonamides is 1. The second-order valence-electron chi connectivity index (χ2n) is 8.00. The van der Waals surface area contributed by atoms with Crippen molar-refractivity contribution >= 4 is 33.1 Å². The van der Waals surface area contributed by atoms with Gasteiger partial charge in [0.05, 0.1) is 11.9 Å². The van der Waals surface area contributed by atoms with Gasteiger partial charge in [-0.3, -0.25) is 0 Å². The van der Waals surface area contributed by atoms with Gasteiger partial charge in [0.2, 0.25) is 10.0 Å². The number of aryl methyl sites for hydroxylation is 1. The van der Waals surface area contributed by atoms with Crippen molar-refractivity contribution in [2.75, 3.05) is 19.3 Å². The van der Waals surface area contributed by atoms with Crippen LogP contribution < -0.4 is 0 Å². The second-order valence-corrected chi connectivity index (χ2v) is 11.8. The van der Waals surface area contributed by atoms with Crippen LogP contribution in [0.5, 0.6) is 0 Å². The predicted molar refractivity (Wildman–Crippen MR) is 130 cm³/mol. The molecule has 7 nitrogen and oxygen atoms in total. The maximum atomic E-state index is 12.0. The summed E-state index contributed by atoms with van der Waals surface area (Å²) in [5.74, 6) is 1.56. The number of benzene rings is 1. The quantitative estimate of drug-likeness (QED) is 0.346. The lowest BCUT2D eigenvalue weighted by Crippen LogP contribution is -2.39. The van der Waals surface area contributed by atoms with Crippen molar-refractivity contribution in [1.29, 1.82) is 0 Å². The number of piperidine rings is 1. The number of thiazole rings is 1. The first-order chi connectivity index (χ1) is 15.3. The van der Waals surface area contributed by atoms with Crippen LogP contribution in [0.25, 0.3) is 10.6 Å². The molecule has 0 radical (unpaired) electrons. The van der Waals surface area contributed by atoms with E-state index in [9.17, 15) is 8.42 Å². The summed E-state index contributed by atoms with van der Waals surface area (Å²) in [7, 11) is -3.21. The van der Waals surface area contributed by atoms with Gasteiger partial charge >= 0.3 is 0 Å². The summed E-state index contributed by atoms with van der Waals surface area (Å²) < 4.78 is 27.6. The summed E-state index contributed by atoms with van der Waals surface area (Å²) in [6.07, 6.45) is 4.82. The smallest absolute Gasteiger partial charge is 0.211 e. The van der Waals surface area contributed by atoms with E-state index in [4.69, 9.17) is 4.98 Å². The lowest BCUT2D eigenvalue weighted by atomic mass is 9.99. The highest BCUT2D eigenvalue weighted by Gasteiger charge is 2.30. The molecule has 0 saturated carbocycles. The normalized spacial score (nSPS) is 17.5.